The quantitative estimate of drug-likeness (QED) is 0.329. The van der Waals surface area contributed by atoms with Crippen molar-refractivity contribution in [2.75, 3.05) is 32.5 Å². The number of halogens is 1. The Kier molecular flexibility index (Phi) is 7.80. The molecular weight excluding hydrogens is 473 g/mol. The third-order valence-electron chi connectivity index (χ3n) is 6.00. The van der Waals surface area contributed by atoms with E-state index in [0.717, 1.165) is 18.5 Å². The Labute approximate surface area is 207 Å². The molecule has 0 saturated heterocycles. The molecule has 2 aromatic heterocycles. The summed E-state index contributed by atoms with van der Waals surface area (Å²) in [5, 5.41) is 26.8. The Bertz CT molecular complexity index is 1200. The summed E-state index contributed by atoms with van der Waals surface area (Å²) in [5.74, 6) is 0.00155. The van der Waals surface area contributed by atoms with Gasteiger partial charge in [0.2, 0.25) is 0 Å². The Morgan fingerprint density at radius 1 is 1.29 bits per heavy atom. The van der Waals surface area contributed by atoms with Crippen LogP contribution in [0.1, 0.15) is 34.5 Å². The average Bonchev–Trinajstić information content (AvgIpc) is 3.33. The Morgan fingerprint density at radius 2 is 2.09 bits per heavy atom. The fraction of sp³-hybridized carbons (Fsp3) is 0.458. The molecule has 3 atom stereocenters. The summed E-state index contributed by atoms with van der Waals surface area (Å²) in [5.41, 5.74) is 1.19. The highest BCUT2D eigenvalue weighted by Gasteiger charge is 2.35. The number of thiophene rings is 1. The lowest BCUT2D eigenvalue weighted by molar-refractivity contribution is -0.00860. The van der Waals surface area contributed by atoms with E-state index in [1.807, 2.05) is 21.0 Å². The van der Waals surface area contributed by atoms with Crippen molar-refractivity contribution in [1.29, 1.82) is 0 Å². The number of fused-ring (bicyclic) bond motifs is 1. The molecule has 9 nitrogen and oxygen atoms in total. The van der Waals surface area contributed by atoms with Crippen molar-refractivity contribution in [3.8, 4) is 5.75 Å². The van der Waals surface area contributed by atoms with Crippen LogP contribution in [0.3, 0.4) is 0 Å². The molecule has 3 aromatic rings. The molecule has 1 amide bonds. The van der Waals surface area contributed by atoms with Gasteiger partial charge in [-0.15, -0.1) is 11.3 Å². The predicted octanol–water partition coefficient (Wildman–Crippen LogP) is 2.83. The molecule has 0 spiro atoms. The zero-order chi connectivity index (χ0) is 25.1. The van der Waals surface area contributed by atoms with Gasteiger partial charge in [0.15, 0.2) is 0 Å². The molecule has 2 heterocycles. The fourth-order valence-electron chi connectivity index (χ4n) is 4.10. The molecule has 0 radical (unpaired) electrons. The minimum Gasteiger partial charge on any atom is -0.485 e. The lowest BCUT2D eigenvalue weighted by Gasteiger charge is -2.21. The summed E-state index contributed by atoms with van der Waals surface area (Å²) in [4.78, 5) is 24.8. The topological polar surface area (TPSA) is 120 Å². The van der Waals surface area contributed by atoms with Crippen molar-refractivity contribution < 1.29 is 24.1 Å². The number of hydrogen-bond acceptors (Lipinski definition) is 9. The van der Waals surface area contributed by atoms with Crippen molar-refractivity contribution >= 4 is 39.0 Å². The summed E-state index contributed by atoms with van der Waals surface area (Å²) >= 11 is 1.29. The maximum atomic E-state index is 14.0. The lowest BCUT2D eigenvalue weighted by Crippen LogP contribution is -2.32. The highest BCUT2D eigenvalue weighted by molar-refractivity contribution is 7.20. The number of hydrogen-bond donors (Lipinski definition) is 4. The number of nitrogens with zero attached hydrogens (tertiary/aromatic N) is 3. The summed E-state index contributed by atoms with van der Waals surface area (Å²) in [7, 11) is 3.98. The SMILES string of the molecule is Cc1c(C(=O)NCCCN(C)C)sc2ncnc(Nc3ccc(F)cc3O[C@@H]3CC[C@@H](O)[C@H]3O)c12. The minimum absolute atomic E-state index is 0.158. The van der Waals surface area contributed by atoms with E-state index < -0.39 is 24.1 Å². The second-order valence-corrected chi connectivity index (χ2v) is 9.93. The summed E-state index contributed by atoms with van der Waals surface area (Å²) < 4.78 is 19.9. The summed E-state index contributed by atoms with van der Waals surface area (Å²) in [6, 6.07) is 4.04. The van der Waals surface area contributed by atoms with Crippen LogP contribution in [0.15, 0.2) is 24.5 Å². The van der Waals surface area contributed by atoms with Crippen LogP contribution in [0, 0.1) is 12.7 Å². The van der Waals surface area contributed by atoms with Gasteiger partial charge < -0.3 is 30.5 Å². The normalized spacial score (nSPS) is 19.9. The number of anilines is 2. The van der Waals surface area contributed by atoms with E-state index in [1.54, 1.807) is 0 Å². The monoisotopic (exact) mass is 503 g/mol. The van der Waals surface area contributed by atoms with Crippen LogP contribution in [0.2, 0.25) is 0 Å². The maximum absolute atomic E-state index is 14.0. The van der Waals surface area contributed by atoms with Crippen molar-refractivity contribution in [2.45, 2.75) is 44.5 Å². The number of carbonyl (C=O) groups excluding carboxylic acids is 1. The second kappa shape index (κ2) is 10.8. The standard InChI is InChI=1S/C24H30FN5O4S/c1-13-19-22(27-12-28-24(19)35-21(13)23(33)26-9-4-10-30(2)3)29-15-6-5-14(25)11-18(15)34-17-8-7-16(31)20(17)32/h5-6,11-12,16-17,20,31-32H,4,7-10H2,1-3H3,(H,26,33)(H,27,28,29)/t16-,17-,20-/m1/s1. The van der Waals surface area contributed by atoms with Crippen molar-refractivity contribution in [1.82, 2.24) is 20.2 Å². The molecule has 11 heteroatoms. The first kappa shape index (κ1) is 25.2. The van der Waals surface area contributed by atoms with Gasteiger partial charge in [0.1, 0.15) is 40.8 Å². The van der Waals surface area contributed by atoms with E-state index in [1.165, 1.54) is 35.9 Å². The zero-order valence-electron chi connectivity index (χ0n) is 19.9. The van der Waals surface area contributed by atoms with Crippen LogP contribution in [0.25, 0.3) is 10.2 Å². The van der Waals surface area contributed by atoms with E-state index in [0.29, 0.717) is 46.0 Å². The van der Waals surface area contributed by atoms with Gasteiger partial charge in [-0.25, -0.2) is 14.4 Å². The summed E-state index contributed by atoms with van der Waals surface area (Å²) in [6.45, 7) is 3.30. The fourth-order valence-corrected chi connectivity index (χ4v) is 5.17. The van der Waals surface area contributed by atoms with Gasteiger partial charge in [0, 0.05) is 12.6 Å². The number of aryl methyl sites for hydroxylation is 1. The zero-order valence-corrected chi connectivity index (χ0v) is 20.7. The third-order valence-corrected chi connectivity index (χ3v) is 7.20. The van der Waals surface area contributed by atoms with Gasteiger partial charge >= 0.3 is 0 Å². The second-order valence-electron chi connectivity index (χ2n) is 8.93. The van der Waals surface area contributed by atoms with Crippen molar-refractivity contribution in [2.24, 2.45) is 0 Å². The number of rotatable bonds is 9. The molecule has 0 aliphatic heterocycles. The van der Waals surface area contributed by atoms with Gasteiger partial charge in [0.05, 0.1) is 22.1 Å². The van der Waals surface area contributed by atoms with Gasteiger partial charge in [-0.1, -0.05) is 0 Å². The highest BCUT2D eigenvalue weighted by Crippen LogP contribution is 2.37. The molecule has 188 valence electrons. The van der Waals surface area contributed by atoms with Crippen LogP contribution >= 0.6 is 11.3 Å². The first-order valence-electron chi connectivity index (χ1n) is 11.5. The molecule has 4 rings (SSSR count). The first-order valence-corrected chi connectivity index (χ1v) is 12.3. The predicted molar refractivity (Wildman–Crippen MR) is 133 cm³/mol. The average molecular weight is 504 g/mol. The van der Waals surface area contributed by atoms with Gasteiger partial charge in [-0.3, -0.25) is 4.79 Å². The lowest BCUT2D eigenvalue weighted by atomic mass is 10.2. The number of benzene rings is 1. The Morgan fingerprint density at radius 3 is 2.80 bits per heavy atom. The maximum Gasteiger partial charge on any atom is 0.261 e. The Hall–Kier alpha value is -2.86. The number of aliphatic hydroxyl groups is 2. The largest absolute Gasteiger partial charge is 0.485 e. The molecule has 4 N–H and O–H groups in total. The van der Waals surface area contributed by atoms with Gasteiger partial charge in [-0.05, 0) is 64.5 Å². The number of ether oxygens (including phenoxy) is 1. The van der Waals surface area contributed by atoms with E-state index in [4.69, 9.17) is 4.74 Å². The molecule has 0 bridgehead atoms. The van der Waals surface area contributed by atoms with Gasteiger partial charge in [0.25, 0.3) is 5.91 Å². The minimum atomic E-state index is -1.05. The van der Waals surface area contributed by atoms with E-state index >= 15 is 0 Å². The van der Waals surface area contributed by atoms with E-state index in [-0.39, 0.29) is 11.7 Å². The van der Waals surface area contributed by atoms with Gasteiger partial charge in [-0.2, -0.15) is 0 Å². The molecule has 1 fully saturated rings. The first-order chi connectivity index (χ1) is 16.7. The van der Waals surface area contributed by atoms with Crippen molar-refractivity contribution in [3.63, 3.8) is 0 Å². The molecule has 1 aromatic carbocycles. The smallest absolute Gasteiger partial charge is 0.261 e. The van der Waals surface area contributed by atoms with Crippen LogP contribution in [0.4, 0.5) is 15.9 Å². The Balaban J connectivity index is 1.58. The van der Waals surface area contributed by atoms with Crippen LogP contribution < -0.4 is 15.4 Å². The molecule has 35 heavy (non-hydrogen) atoms. The van der Waals surface area contributed by atoms with E-state index in [9.17, 15) is 19.4 Å². The number of aromatic nitrogens is 2. The number of nitrogens with one attached hydrogen (secondary N) is 2. The molecule has 1 aliphatic rings. The van der Waals surface area contributed by atoms with Crippen LogP contribution in [-0.2, 0) is 0 Å². The molecule has 0 unspecified atom stereocenters. The molecular formula is C24H30FN5O4S. The van der Waals surface area contributed by atoms with Crippen LogP contribution in [-0.4, -0.2) is 76.5 Å². The van der Waals surface area contributed by atoms with Crippen LogP contribution in [0.5, 0.6) is 5.75 Å². The molecule has 1 aliphatic carbocycles. The van der Waals surface area contributed by atoms with Crippen molar-refractivity contribution in [3.05, 3.63) is 40.8 Å². The number of amides is 1. The third kappa shape index (κ3) is 5.69. The number of aliphatic hydroxyl groups excluding tert-OH is 2. The highest BCUT2D eigenvalue weighted by atomic mass is 32.1. The molecule has 1 saturated carbocycles. The number of carbonyl (C=O) groups is 1. The van der Waals surface area contributed by atoms with E-state index in [2.05, 4.69) is 25.5 Å². The summed E-state index contributed by atoms with van der Waals surface area (Å²) in [6.07, 6.45) is 0.540.